The van der Waals surface area contributed by atoms with Gasteiger partial charge in [-0.3, -0.25) is 9.59 Å². The molecule has 6 nitrogen and oxygen atoms in total. The molecule has 0 fully saturated rings. The van der Waals surface area contributed by atoms with Gasteiger partial charge in [-0.1, -0.05) is 11.6 Å². The van der Waals surface area contributed by atoms with Crippen LogP contribution in [0.4, 0.5) is 11.4 Å². The molecule has 2 N–H and O–H groups in total. The summed E-state index contributed by atoms with van der Waals surface area (Å²) in [5.74, 6) is 0.593. The molecule has 1 heterocycles. The van der Waals surface area contributed by atoms with Crippen LogP contribution in [0.5, 0.6) is 11.5 Å². The third kappa shape index (κ3) is 4.03. The molecule has 2 amide bonds. The summed E-state index contributed by atoms with van der Waals surface area (Å²) in [6.07, 6.45) is -0.706. The zero-order chi connectivity index (χ0) is 18.0. The molecule has 2 aromatic rings. The number of rotatable bonds is 4. The van der Waals surface area contributed by atoms with Crippen LogP contribution in [-0.2, 0) is 9.59 Å². The van der Waals surface area contributed by atoms with Crippen molar-refractivity contribution in [3.05, 3.63) is 47.0 Å². The summed E-state index contributed by atoms with van der Waals surface area (Å²) in [6.45, 7) is 3.51. The van der Waals surface area contributed by atoms with Crippen LogP contribution in [0.2, 0.25) is 5.02 Å². The third-order valence-corrected chi connectivity index (χ3v) is 4.12. The second-order valence-electron chi connectivity index (χ2n) is 5.71. The van der Waals surface area contributed by atoms with Crippen LogP contribution in [0, 0.1) is 6.92 Å². The zero-order valence-electron chi connectivity index (χ0n) is 13.8. The Balaban J connectivity index is 1.66. The minimum Gasteiger partial charge on any atom is -0.482 e. The minimum atomic E-state index is -0.706. The van der Waals surface area contributed by atoms with Gasteiger partial charge in [0.05, 0.1) is 5.69 Å². The van der Waals surface area contributed by atoms with E-state index in [-0.39, 0.29) is 18.4 Å². The Kier molecular flexibility index (Phi) is 4.81. The van der Waals surface area contributed by atoms with Crippen LogP contribution in [0.3, 0.4) is 0 Å². The van der Waals surface area contributed by atoms with E-state index >= 15 is 0 Å². The minimum absolute atomic E-state index is 0.00983. The molecule has 1 aliphatic rings. The van der Waals surface area contributed by atoms with Gasteiger partial charge in [0.1, 0.15) is 11.5 Å². The highest BCUT2D eigenvalue weighted by molar-refractivity contribution is 6.31. The van der Waals surface area contributed by atoms with Gasteiger partial charge in [0.2, 0.25) is 0 Å². The molecular weight excluding hydrogens is 344 g/mol. The highest BCUT2D eigenvalue weighted by atomic mass is 35.5. The summed E-state index contributed by atoms with van der Waals surface area (Å²) in [5.41, 5.74) is 1.94. The van der Waals surface area contributed by atoms with Gasteiger partial charge in [0.15, 0.2) is 12.7 Å². The van der Waals surface area contributed by atoms with Crippen molar-refractivity contribution in [2.24, 2.45) is 0 Å². The van der Waals surface area contributed by atoms with Gasteiger partial charge in [-0.15, -0.1) is 0 Å². The van der Waals surface area contributed by atoms with Gasteiger partial charge in [-0.05, 0) is 55.8 Å². The van der Waals surface area contributed by atoms with Crippen LogP contribution in [0.25, 0.3) is 0 Å². The smallest absolute Gasteiger partial charge is 0.265 e. The molecule has 1 atom stereocenters. The predicted molar refractivity (Wildman–Crippen MR) is 95.5 cm³/mol. The Bertz CT molecular complexity index is 838. The van der Waals surface area contributed by atoms with Gasteiger partial charge in [-0.25, -0.2) is 0 Å². The van der Waals surface area contributed by atoms with Gasteiger partial charge in [-0.2, -0.15) is 0 Å². The normalized spacial score (nSPS) is 14.0. The average molecular weight is 361 g/mol. The lowest BCUT2D eigenvalue weighted by atomic mass is 10.2. The van der Waals surface area contributed by atoms with Gasteiger partial charge < -0.3 is 20.1 Å². The lowest BCUT2D eigenvalue weighted by Crippen LogP contribution is -2.30. The van der Waals surface area contributed by atoms with E-state index in [1.54, 1.807) is 43.3 Å². The van der Waals surface area contributed by atoms with Crippen LogP contribution in [-0.4, -0.2) is 24.5 Å². The maximum Gasteiger partial charge on any atom is 0.265 e. The van der Waals surface area contributed by atoms with E-state index in [4.69, 9.17) is 21.1 Å². The van der Waals surface area contributed by atoms with E-state index in [9.17, 15) is 9.59 Å². The Hall–Kier alpha value is -2.73. The van der Waals surface area contributed by atoms with Crippen molar-refractivity contribution < 1.29 is 19.1 Å². The molecule has 0 spiro atoms. The number of carbonyl (C=O) groups excluding carboxylic acids is 2. The van der Waals surface area contributed by atoms with Gasteiger partial charge in [0, 0.05) is 10.7 Å². The van der Waals surface area contributed by atoms with Crippen molar-refractivity contribution >= 4 is 34.8 Å². The molecule has 0 bridgehead atoms. The summed E-state index contributed by atoms with van der Waals surface area (Å²) in [4.78, 5) is 23.7. The van der Waals surface area contributed by atoms with E-state index in [0.29, 0.717) is 27.9 Å². The molecule has 1 aliphatic heterocycles. The maximum atomic E-state index is 12.3. The summed E-state index contributed by atoms with van der Waals surface area (Å²) >= 11 is 5.98. The maximum absolute atomic E-state index is 12.3. The first-order valence-corrected chi connectivity index (χ1v) is 8.10. The van der Waals surface area contributed by atoms with Crippen molar-refractivity contribution in [1.29, 1.82) is 0 Å². The third-order valence-electron chi connectivity index (χ3n) is 3.69. The molecule has 0 radical (unpaired) electrons. The number of hydrogen-bond donors (Lipinski definition) is 2. The van der Waals surface area contributed by atoms with Gasteiger partial charge in [0.25, 0.3) is 11.8 Å². The monoisotopic (exact) mass is 360 g/mol. The zero-order valence-corrected chi connectivity index (χ0v) is 14.5. The second-order valence-corrected chi connectivity index (χ2v) is 6.12. The largest absolute Gasteiger partial charge is 0.482 e. The summed E-state index contributed by atoms with van der Waals surface area (Å²) in [6, 6.07) is 10.3. The van der Waals surface area contributed by atoms with Crippen molar-refractivity contribution in [2.75, 3.05) is 17.2 Å². The number of hydrogen-bond acceptors (Lipinski definition) is 4. The number of fused-ring (bicyclic) bond motifs is 1. The lowest BCUT2D eigenvalue weighted by molar-refractivity contribution is -0.122. The number of anilines is 2. The van der Waals surface area contributed by atoms with Crippen molar-refractivity contribution in [3.8, 4) is 11.5 Å². The van der Waals surface area contributed by atoms with Crippen LogP contribution in [0.15, 0.2) is 36.4 Å². The molecular formula is C18H17ClN2O4. The van der Waals surface area contributed by atoms with Crippen LogP contribution in [0.1, 0.15) is 12.5 Å². The molecule has 0 aliphatic carbocycles. The fraction of sp³-hybridized carbons (Fsp3) is 0.222. The number of ether oxygens (including phenoxy) is 2. The first-order valence-electron chi connectivity index (χ1n) is 7.73. The molecule has 0 aromatic heterocycles. The fourth-order valence-corrected chi connectivity index (χ4v) is 2.47. The SMILES string of the molecule is Cc1cc(OC(C)C(=O)Nc2ccc3c(c2)NC(=O)CO3)ccc1Cl. The first kappa shape index (κ1) is 17.1. The number of carbonyl (C=O) groups is 2. The van der Waals surface area contributed by atoms with Gasteiger partial charge >= 0.3 is 0 Å². The Morgan fingerprint density at radius 1 is 1.32 bits per heavy atom. The van der Waals surface area contributed by atoms with Crippen molar-refractivity contribution in [3.63, 3.8) is 0 Å². The van der Waals surface area contributed by atoms with E-state index in [2.05, 4.69) is 10.6 Å². The molecule has 0 saturated carbocycles. The molecule has 3 rings (SSSR count). The van der Waals surface area contributed by atoms with Crippen LogP contribution < -0.4 is 20.1 Å². The van der Waals surface area contributed by atoms with E-state index in [0.717, 1.165) is 5.56 Å². The van der Waals surface area contributed by atoms with E-state index in [1.165, 1.54) is 0 Å². The Morgan fingerprint density at radius 2 is 2.12 bits per heavy atom. The first-order chi connectivity index (χ1) is 11.9. The lowest BCUT2D eigenvalue weighted by Gasteiger charge is -2.19. The standard InChI is InChI=1S/C18H17ClN2O4/c1-10-7-13(4-5-14(10)19)25-11(2)18(23)20-12-3-6-16-15(8-12)21-17(22)9-24-16/h3-8,11H,9H2,1-2H3,(H,20,23)(H,21,22). The summed E-state index contributed by atoms with van der Waals surface area (Å²) in [7, 11) is 0. The molecule has 0 saturated heterocycles. The number of nitrogens with one attached hydrogen (secondary N) is 2. The molecule has 1 unspecified atom stereocenters. The number of benzene rings is 2. The number of halogens is 1. The summed E-state index contributed by atoms with van der Waals surface area (Å²) < 4.78 is 10.9. The Labute approximate surface area is 150 Å². The van der Waals surface area contributed by atoms with Crippen molar-refractivity contribution in [2.45, 2.75) is 20.0 Å². The average Bonchev–Trinajstić information content (AvgIpc) is 2.57. The second kappa shape index (κ2) is 7.03. The quantitative estimate of drug-likeness (QED) is 0.876. The highest BCUT2D eigenvalue weighted by Gasteiger charge is 2.19. The highest BCUT2D eigenvalue weighted by Crippen LogP contribution is 2.30. The predicted octanol–water partition coefficient (Wildman–Crippen LogP) is 3.39. The fourth-order valence-electron chi connectivity index (χ4n) is 2.35. The molecule has 7 heteroatoms. The molecule has 2 aromatic carbocycles. The number of aryl methyl sites for hydroxylation is 1. The molecule has 130 valence electrons. The topological polar surface area (TPSA) is 76.7 Å². The van der Waals surface area contributed by atoms with E-state index < -0.39 is 6.10 Å². The van der Waals surface area contributed by atoms with E-state index in [1.807, 2.05) is 6.92 Å². The number of amides is 2. The molecule has 25 heavy (non-hydrogen) atoms. The van der Waals surface area contributed by atoms with Crippen molar-refractivity contribution in [1.82, 2.24) is 0 Å². The summed E-state index contributed by atoms with van der Waals surface area (Å²) in [5, 5.41) is 6.09. The Morgan fingerprint density at radius 3 is 2.88 bits per heavy atom. The van der Waals surface area contributed by atoms with Crippen LogP contribution >= 0.6 is 11.6 Å².